The highest BCUT2D eigenvalue weighted by Gasteiger charge is 2.49. The number of hydrogen-bond donors (Lipinski definition) is 2. The maximum absolute atomic E-state index is 13.8. The van der Waals surface area contributed by atoms with E-state index >= 15 is 0 Å². The van der Waals surface area contributed by atoms with E-state index in [1.165, 1.54) is 4.90 Å². The second-order valence-corrected chi connectivity index (χ2v) is 4.47. The van der Waals surface area contributed by atoms with E-state index in [4.69, 9.17) is 10.8 Å². The van der Waals surface area contributed by atoms with Crippen molar-refractivity contribution in [3.05, 3.63) is 0 Å². The number of carbonyl (C=O) groups is 1. The summed E-state index contributed by atoms with van der Waals surface area (Å²) in [6, 6.07) is 0. The Morgan fingerprint density at radius 3 is 2.36 bits per heavy atom. The number of alkyl halides is 1. The predicted octanol–water partition coefficient (Wildman–Crippen LogP) is 0.673. The first-order valence-corrected chi connectivity index (χ1v) is 4.91. The van der Waals surface area contributed by atoms with Gasteiger partial charge in [0.2, 0.25) is 0 Å². The molecule has 1 heterocycles. The number of rotatable bonds is 1. The molecular formula is C9H15FN2O2. The van der Waals surface area contributed by atoms with Crippen molar-refractivity contribution in [2.75, 3.05) is 19.6 Å². The summed E-state index contributed by atoms with van der Waals surface area (Å²) >= 11 is 0. The summed E-state index contributed by atoms with van der Waals surface area (Å²) in [7, 11) is 0. The number of nitrogens with two attached hydrogens (primary N) is 1. The van der Waals surface area contributed by atoms with Gasteiger partial charge in [-0.15, -0.1) is 0 Å². The largest absolute Gasteiger partial charge is 0.465 e. The van der Waals surface area contributed by atoms with Crippen LogP contribution in [0.1, 0.15) is 12.8 Å². The van der Waals surface area contributed by atoms with E-state index in [0.29, 0.717) is 25.9 Å². The van der Waals surface area contributed by atoms with E-state index in [1.54, 1.807) is 0 Å². The molecule has 1 aliphatic heterocycles. The Morgan fingerprint density at radius 1 is 1.50 bits per heavy atom. The van der Waals surface area contributed by atoms with Crippen LogP contribution in [0.3, 0.4) is 0 Å². The number of nitrogens with zero attached hydrogens (tertiary/aromatic N) is 1. The molecule has 0 aromatic rings. The first kappa shape index (κ1) is 9.71. The van der Waals surface area contributed by atoms with Crippen LogP contribution in [0.4, 0.5) is 9.18 Å². The first-order chi connectivity index (χ1) is 6.54. The second kappa shape index (κ2) is 3.08. The number of fused-ring (bicyclic) bond motifs is 1. The topological polar surface area (TPSA) is 66.6 Å². The monoisotopic (exact) mass is 202 g/mol. The third-order valence-electron chi connectivity index (χ3n) is 3.47. The van der Waals surface area contributed by atoms with E-state index in [2.05, 4.69) is 0 Å². The van der Waals surface area contributed by atoms with Crippen molar-refractivity contribution in [3.63, 3.8) is 0 Å². The smallest absolute Gasteiger partial charge is 0.407 e. The van der Waals surface area contributed by atoms with Gasteiger partial charge in [0.1, 0.15) is 5.67 Å². The van der Waals surface area contributed by atoms with Gasteiger partial charge in [0, 0.05) is 19.6 Å². The fourth-order valence-electron chi connectivity index (χ4n) is 2.75. The fraction of sp³-hybridized carbons (Fsp3) is 0.889. The molecule has 2 fully saturated rings. The van der Waals surface area contributed by atoms with Crippen LogP contribution in [-0.4, -0.2) is 41.4 Å². The Kier molecular flexibility index (Phi) is 2.14. The molecule has 3 atom stereocenters. The normalized spacial score (nSPS) is 41.4. The van der Waals surface area contributed by atoms with Crippen molar-refractivity contribution in [3.8, 4) is 0 Å². The molecule has 14 heavy (non-hydrogen) atoms. The van der Waals surface area contributed by atoms with Gasteiger partial charge in [-0.1, -0.05) is 0 Å². The van der Waals surface area contributed by atoms with Crippen LogP contribution in [0.2, 0.25) is 0 Å². The number of carboxylic acid groups (broad SMARTS) is 1. The van der Waals surface area contributed by atoms with Crippen molar-refractivity contribution < 1.29 is 14.3 Å². The quantitative estimate of drug-likeness (QED) is 0.656. The molecule has 0 aromatic carbocycles. The minimum atomic E-state index is -1.24. The van der Waals surface area contributed by atoms with Gasteiger partial charge in [-0.05, 0) is 24.7 Å². The van der Waals surface area contributed by atoms with Crippen LogP contribution in [0, 0.1) is 11.8 Å². The summed E-state index contributed by atoms with van der Waals surface area (Å²) in [6.07, 6.45) is -0.0350. The lowest BCUT2D eigenvalue weighted by atomic mass is 10.0. The molecule has 5 heteroatoms. The second-order valence-electron chi connectivity index (χ2n) is 4.47. The van der Waals surface area contributed by atoms with Crippen LogP contribution < -0.4 is 5.73 Å². The summed E-state index contributed by atoms with van der Waals surface area (Å²) in [5, 5.41) is 8.76. The van der Waals surface area contributed by atoms with Crippen molar-refractivity contribution in [2.45, 2.75) is 18.5 Å². The molecule has 0 bridgehead atoms. The third kappa shape index (κ3) is 1.45. The molecule has 3 N–H and O–H groups in total. The summed E-state index contributed by atoms with van der Waals surface area (Å²) in [6.45, 7) is 1.02. The zero-order chi connectivity index (χ0) is 10.3. The van der Waals surface area contributed by atoms with E-state index in [9.17, 15) is 9.18 Å². The molecular weight excluding hydrogens is 187 g/mol. The summed E-state index contributed by atoms with van der Waals surface area (Å²) in [5.74, 6) is 0.360. The van der Waals surface area contributed by atoms with E-state index in [0.717, 1.165) is 0 Å². The molecule has 4 nitrogen and oxygen atoms in total. The Balaban J connectivity index is 1.99. The van der Waals surface area contributed by atoms with E-state index in [1.807, 2.05) is 0 Å². The zero-order valence-corrected chi connectivity index (χ0v) is 7.95. The lowest BCUT2D eigenvalue weighted by molar-refractivity contribution is 0.135. The van der Waals surface area contributed by atoms with Crippen LogP contribution in [0.15, 0.2) is 0 Å². The summed E-state index contributed by atoms with van der Waals surface area (Å²) < 4.78 is 13.8. The first-order valence-electron chi connectivity index (χ1n) is 4.91. The molecule has 0 spiro atoms. The highest BCUT2D eigenvalue weighted by molar-refractivity contribution is 5.65. The van der Waals surface area contributed by atoms with Crippen LogP contribution >= 0.6 is 0 Å². The molecule has 2 aliphatic rings. The highest BCUT2D eigenvalue weighted by atomic mass is 19.1. The molecule has 1 amide bonds. The molecule has 0 unspecified atom stereocenters. The van der Waals surface area contributed by atoms with Crippen LogP contribution in [-0.2, 0) is 0 Å². The van der Waals surface area contributed by atoms with Gasteiger partial charge < -0.3 is 15.7 Å². The molecule has 1 saturated carbocycles. The van der Waals surface area contributed by atoms with Crippen molar-refractivity contribution in [1.82, 2.24) is 4.90 Å². The lowest BCUT2D eigenvalue weighted by Gasteiger charge is -2.20. The standard InChI is InChI=1S/C9H15FN2O2/c10-9(5-11)1-6-3-12(8(13)14)4-7(6)2-9/h6-7H,1-5,11H2,(H,13,14)/t6-,7+,9-. The van der Waals surface area contributed by atoms with Crippen molar-refractivity contribution >= 4 is 6.09 Å². The number of halogens is 1. The Morgan fingerprint density at radius 2 is 2.00 bits per heavy atom. The number of hydrogen-bond acceptors (Lipinski definition) is 2. The van der Waals surface area contributed by atoms with Gasteiger partial charge in [0.05, 0.1) is 0 Å². The lowest BCUT2D eigenvalue weighted by Crippen LogP contribution is -2.34. The molecule has 1 saturated heterocycles. The van der Waals surface area contributed by atoms with Gasteiger partial charge in [0.15, 0.2) is 0 Å². The predicted molar refractivity (Wildman–Crippen MR) is 48.7 cm³/mol. The fourth-order valence-corrected chi connectivity index (χ4v) is 2.75. The molecule has 1 aliphatic carbocycles. The minimum Gasteiger partial charge on any atom is -0.465 e. The molecule has 0 aromatic heterocycles. The minimum absolute atomic E-state index is 0.0626. The van der Waals surface area contributed by atoms with E-state index in [-0.39, 0.29) is 18.4 Å². The van der Waals surface area contributed by atoms with Gasteiger partial charge in [-0.2, -0.15) is 0 Å². The maximum Gasteiger partial charge on any atom is 0.407 e. The Labute approximate surface area is 81.9 Å². The van der Waals surface area contributed by atoms with Gasteiger partial charge in [-0.3, -0.25) is 0 Å². The van der Waals surface area contributed by atoms with E-state index < -0.39 is 11.8 Å². The Hall–Kier alpha value is -0.840. The average molecular weight is 202 g/mol. The molecule has 80 valence electrons. The number of amides is 1. The van der Waals surface area contributed by atoms with Gasteiger partial charge >= 0.3 is 6.09 Å². The average Bonchev–Trinajstić information content (AvgIpc) is 2.59. The summed E-state index contributed by atoms with van der Waals surface area (Å²) in [5.41, 5.74) is 4.12. The molecule has 2 rings (SSSR count). The van der Waals surface area contributed by atoms with Gasteiger partial charge in [0.25, 0.3) is 0 Å². The van der Waals surface area contributed by atoms with Crippen molar-refractivity contribution in [2.24, 2.45) is 17.6 Å². The third-order valence-corrected chi connectivity index (χ3v) is 3.47. The Bertz CT molecular complexity index is 245. The van der Waals surface area contributed by atoms with Crippen molar-refractivity contribution in [1.29, 1.82) is 0 Å². The van der Waals surface area contributed by atoms with Crippen LogP contribution in [0.25, 0.3) is 0 Å². The SMILES string of the molecule is NC[C@]1(F)C[C@H]2CN(C(=O)O)C[C@H]2C1. The summed E-state index contributed by atoms with van der Waals surface area (Å²) in [4.78, 5) is 12.1. The van der Waals surface area contributed by atoms with Gasteiger partial charge in [-0.25, -0.2) is 9.18 Å². The van der Waals surface area contributed by atoms with Crippen LogP contribution in [0.5, 0.6) is 0 Å². The molecule has 0 radical (unpaired) electrons. The zero-order valence-electron chi connectivity index (χ0n) is 7.95. The maximum atomic E-state index is 13.8. The highest BCUT2D eigenvalue weighted by Crippen LogP contribution is 2.45. The number of likely N-dealkylation sites (tertiary alicyclic amines) is 1.